The third-order valence-corrected chi connectivity index (χ3v) is 6.86. The van der Waals surface area contributed by atoms with Gasteiger partial charge in [0.15, 0.2) is 0 Å². The average Bonchev–Trinajstić information content (AvgIpc) is 3.13. The summed E-state index contributed by atoms with van der Waals surface area (Å²) in [5, 5.41) is 3.10. The van der Waals surface area contributed by atoms with Gasteiger partial charge in [0.2, 0.25) is 5.91 Å². The van der Waals surface area contributed by atoms with Crippen molar-refractivity contribution in [1.29, 1.82) is 0 Å². The number of nitrogens with zero attached hydrogens (tertiary/aromatic N) is 1. The molecule has 2 aliphatic heterocycles. The zero-order valence-corrected chi connectivity index (χ0v) is 20.6. The molecule has 1 aromatic carbocycles. The summed E-state index contributed by atoms with van der Waals surface area (Å²) in [6.45, 7) is 7.44. The number of carbonyl (C=O) groups excluding carboxylic acids is 2. The SMILES string of the molecule is CC(C)(C)OC(=O)N1CCC2(COCC(=O)N2)C1COC1CCC(OCc2ccccc2)CC1. The number of carbonyl (C=O) groups is 2. The summed E-state index contributed by atoms with van der Waals surface area (Å²) >= 11 is 0. The van der Waals surface area contributed by atoms with Crippen LogP contribution in [0.5, 0.6) is 0 Å². The Labute approximate surface area is 202 Å². The molecular weight excluding hydrogens is 436 g/mol. The van der Waals surface area contributed by atoms with Crippen molar-refractivity contribution in [3.8, 4) is 0 Å². The van der Waals surface area contributed by atoms with Crippen LogP contribution in [-0.2, 0) is 30.3 Å². The minimum atomic E-state index is -0.637. The van der Waals surface area contributed by atoms with Gasteiger partial charge in [-0.1, -0.05) is 30.3 Å². The second-order valence-electron chi connectivity index (χ2n) is 10.7. The first kappa shape index (κ1) is 24.9. The van der Waals surface area contributed by atoms with Crippen LogP contribution in [0.15, 0.2) is 30.3 Å². The molecule has 0 bridgehead atoms. The number of amides is 2. The molecule has 8 nitrogen and oxygen atoms in total. The van der Waals surface area contributed by atoms with Gasteiger partial charge >= 0.3 is 6.09 Å². The molecule has 8 heteroatoms. The Balaban J connectivity index is 1.32. The highest BCUT2D eigenvalue weighted by molar-refractivity contribution is 5.79. The summed E-state index contributed by atoms with van der Waals surface area (Å²) in [6, 6.07) is 9.89. The smallest absolute Gasteiger partial charge is 0.410 e. The first-order chi connectivity index (χ1) is 16.2. The Bertz CT molecular complexity index is 833. The summed E-state index contributed by atoms with van der Waals surface area (Å²) in [5.74, 6) is -0.154. The molecule has 2 heterocycles. The molecule has 0 radical (unpaired) electrons. The van der Waals surface area contributed by atoms with E-state index in [0.717, 1.165) is 25.7 Å². The van der Waals surface area contributed by atoms with E-state index in [1.807, 2.05) is 39.0 Å². The summed E-state index contributed by atoms with van der Waals surface area (Å²) in [4.78, 5) is 26.8. The third kappa shape index (κ3) is 6.29. The zero-order valence-electron chi connectivity index (χ0n) is 20.6. The lowest BCUT2D eigenvalue weighted by atomic mass is 9.90. The molecule has 1 saturated carbocycles. The van der Waals surface area contributed by atoms with Crippen LogP contribution in [0.4, 0.5) is 4.79 Å². The van der Waals surface area contributed by atoms with Gasteiger partial charge in [0.05, 0.1) is 43.6 Å². The molecule has 2 amide bonds. The van der Waals surface area contributed by atoms with Crippen molar-refractivity contribution in [3.05, 3.63) is 35.9 Å². The van der Waals surface area contributed by atoms with E-state index in [2.05, 4.69) is 17.4 Å². The number of nitrogens with one attached hydrogen (secondary N) is 1. The van der Waals surface area contributed by atoms with E-state index in [4.69, 9.17) is 18.9 Å². The van der Waals surface area contributed by atoms with Crippen LogP contribution in [0.3, 0.4) is 0 Å². The topological polar surface area (TPSA) is 86.3 Å². The van der Waals surface area contributed by atoms with Crippen LogP contribution < -0.4 is 5.32 Å². The predicted molar refractivity (Wildman–Crippen MR) is 126 cm³/mol. The second-order valence-corrected chi connectivity index (χ2v) is 10.7. The van der Waals surface area contributed by atoms with Gasteiger partial charge in [0, 0.05) is 6.54 Å². The third-order valence-electron chi connectivity index (χ3n) is 6.86. The van der Waals surface area contributed by atoms with Crippen LogP contribution in [0.2, 0.25) is 0 Å². The first-order valence-corrected chi connectivity index (χ1v) is 12.4. The first-order valence-electron chi connectivity index (χ1n) is 12.4. The molecule has 2 unspecified atom stereocenters. The van der Waals surface area contributed by atoms with Crippen molar-refractivity contribution in [2.24, 2.45) is 0 Å². The van der Waals surface area contributed by atoms with Gasteiger partial charge in [-0.2, -0.15) is 0 Å². The summed E-state index contributed by atoms with van der Waals surface area (Å²) in [5.41, 5.74) is -0.0448. The quantitative estimate of drug-likeness (QED) is 0.680. The monoisotopic (exact) mass is 474 g/mol. The summed E-state index contributed by atoms with van der Waals surface area (Å²) < 4.78 is 23.7. The standard InChI is InChI=1S/C26H38N2O6/c1-25(2,3)34-24(30)28-14-13-26(18-31-17-23(29)27-26)22(28)16-33-21-11-9-20(10-12-21)32-15-19-7-5-4-6-8-19/h4-8,20-22H,9-18H2,1-3H3,(H,27,29). The van der Waals surface area contributed by atoms with Gasteiger partial charge < -0.3 is 29.2 Å². The molecule has 1 spiro atoms. The Morgan fingerprint density at radius 2 is 1.79 bits per heavy atom. The predicted octanol–water partition coefficient (Wildman–Crippen LogP) is 3.43. The zero-order chi connectivity index (χ0) is 24.2. The highest BCUT2D eigenvalue weighted by Gasteiger charge is 2.53. The molecule has 2 atom stereocenters. The van der Waals surface area contributed by atoms with Crippen molar-refractivity contribution < 1.29 is 28.5 Å². The average molecular weight is 475 g/mol. The van der Waals surface area contributed by atoms with E-state index < -0.39 is 11.1 Å². The second kappa shape index (κ2) is 10.6. The summed E-state index contributed by atoms with van der Waals surface area (Å²) in [6.07, 6.45) is 4.30. The number of hydrogen-bond donors (Lipinski definition) is 1. The largest absolute Gasteiger partial charge is 0.444 e. The van der Waals surface area contributed by atoms with E-state index in [9.17, 15) is 9.59 Å². The number of morpholine rings is 1. The molecule has 1 N–H and O–H groups in total. The molecule has 1 aliphatic carbocycles. The van der Waals surface area contributed by atoms with E-state index >= 15 is 0 Å². The Morgan fingerprint density at radius 3 is 2.44 bits per heavy atom. The molecule has 3 aliphatic rings. The number of rotatable bonds is 6. The van der Waals surface area contributed by atoms with Crippen LogP contribution in [0.1, 0.15) is 58.4 Å². The van der Waals surface area contributed by atoms with Gasteiger partial charge in [0.1, 0.15) is 12.2 Å². The van der Waals surface area contributed by atoms with E-state index in [1.165, 1.54) is 5.56 Å². The number of ether oxygens (including phenoxy) is 4. The lowest BCUT2D eigenvalue weighted by Gasteiger charge is -2.41. The fourth-order valence-corrected chi connectivity index (χ4v) is 5.10. The molecular formula is C26H38N2O6. The van der Waals surface area contributed by atoms with Gasteiger partial charge in [-0.15, -0.1) is 0 Å². The number of benzene rings is 1. The van der Waals surface area contributed by atoms with E-state index in [1.54, 1.807) is 4.90 Å². The van der Waals surface area contributed by atoms with Crippen LogP contribution in [0.25, 0.3) is 0 Å². The lowest BCUT2D eigenvalue weighted by Crippen LogP contribution is -2.65. The fourth-order valence-electron chi connectivity index (χ4n) is 5.10. The molecule has 1 aromatic rings. The number of likely N-dealkylation sites (tertiary alicyclic amines) is 1. The van der Waals surface area contributed by atoms with Gasteiger partial charge in [-0.3, -0.25) is 4.79 Å². The normalized spacial score (nSPS) is 29.8. The van der Waals surface area contributed by atoms with E-state index in [0.29, 0.717) is 32.8 Å². The minimum absolute atomic E-state index is 0.0504. The van der Waals surface area contributed by atoms with Crippen molar-refractivity contribution in [2.75, 3.05) is 26.4 Å². The van der Waals surface area contributed by atoms with Crippen molar-refractivity contribution in [3.63, 3.8) is 0 Å². The van der Waals surface area contributed by atoms with Crippen LogP contribution in [0, 0.1) is 0 Å². The highest BCUT2D eigenvalue weighted by Crippen LogP contribution is 2.34. The van der Waals surface area contributed by atoms with E-state index in [-0.39, 0.29) is 36.9 Å². The molecule has 3 fully saturated rings. The van der Waals surface area contributed by atoms with Crippen LogP contribution in [-0.4, -0.2) is 72.7 Å². The lowest BCUT2D eigenvalue weighted by molar-refractivity contribution is -0.138. The Hall–Kier alpha value is -2.16. The maximum Gasteiger partial charge on any atom is 0.410 e. The molecule has 34 heavy (non-hydrogen) atoms. The maximum absolute atomic E-state index is 12.9. The Kier molecular flexibility index (Phi) is 7.80. The van der Waals surface area contributed by atoms with Crippen molar-refractivity contribution in [2.45, 2.75) is 88.9 Å². The van der Waals surface area contributed by atoms with Crippen molar-refractivity contribution in [1.82, 2.24) is 10.2 Å². The molecule has 2 saturated heterocycles. The fraction of sp³-hybridized carbons (Fsp3) is 0.692. The number of hydrogen-bond acceptors (Lipinski definition) is 6. The summed E-state index contributed by atoms with van der Waals surface area (Å²) in [7, 11) is 0. The molecule has 188 valence electrons. The molecule has 4 rings (SSSR count). The van der Waals surface area contributed by atoms with Crippen LogP contribution >= 0.6 is 0 Å². The van der Waals surface area contributed by atoms with Crippen molar-refractivity contribution >= 4 is 12.0 Å². The Morgan fingerprint density at radius 1 is 1.12 bits per heavy atom. The maximum atomic E-state index is 12.9. The van der Waals surface area contributed by atoms with Gasteiger partial charge in [0.25, 0.3) is 0 Å². The highest BCUT2D eigenvalue weighted by atomic mass is 16.6. The minimum Gasteiger partial charge on any atom is -0.444 e. The molecule has 0 aromatic heterocycles. The van der Waals surface area contributed by atoms with Gasteiger partial charge in [-0.05, 0) is 58.4 Å². The van der Waals surface area contributed by atoms with Gasteiger partial charge in [-0.25, -0.2) is 4.79 Å².